The van der Waals surface area contributed by atoms with Gasteiger partial charge in [0.25, 0.3) is 0 Å². The number of rotatable bonds is 10. The number of methoxy groups -OCH3 is 3. The van der Waals surface area contributed by atoms with Crippen molar-refractivity contribution in [3.05, 3.63) is 89.0 Å². The number of benzene rings is 3. The van der Waals surface area contributed by atoms with E-state index in [1.807, 2.05) is 0 Å². The molecule has 0 saturated carbocycles. The van der Waals surface area contributed by atoms with Gasteiger partial charge in [0.2, 0.25) is 0 Å². The number of phenolic OH excluding ortho intramolecular Hbond substituents is 3. The summed E-state index contributed by atoms with van der Waals surface area (Å²) in [6, 6.07) is 13.6. The van der Waals surface area contributed by atoms with Gasteiger partial charge in [0.1, 0.15) is 0 Å². The Balaban J connectivity index is 1.97. The van der Waals surface area contributed by atoms with E-state index in [1.54, 1.807) is 30.3 Å². The van der Waals surface area contributed by atoms with Crippen molar-refractivity contribution in [2.24, 2.45) is 0 Å². The molecular weight excluding hydrogens is 476 g/mol. The Bertz CT molecular complexity index is 1320. The van der Waals surface area contributed by atoms with E-state index in [0.717, 1.165) is 0 Å². The van der Waals surface area contributed by atoms with Crippen molar-refractivity contribution in [3.63, 3.8) is 0 Å². The van der Waals surface area contributed by atoms with Gasteiger partial charge >= 0.3 is 0 Å². The second kappa shape index (κ2) is 12.1. The molecule has 0 heterocycles. The molecule has 3 aromatic carbocycles. The third-order valence-corrected chi connectivity index (χ3v) is 5.31. The molecule has 0 unspecified atom stereocenters. The van der Waals surface area contributed by atoms with Crippen LogP contribution in [0.4, 0.5) is 0 Å². The summed E-state index contributed by atoms with van der Waals surface area (Å²) in [5.74, 6) is -0.644. The first-order valence-corrected chi connectivity index (χ1v) is 11.0. The van der Waals surface area contributed by atoms with Crippen LogP contribution in [0.3, 0.4) is 0 Å². The number of hydrogen-bond acceptors (Lipinski definition) is 8. The number of phenols is 3. The van der Waals surface area contributed by atoms with Crippen LogP contribution in [0.2, 0.25) is 0 Å². The average molecular weight is 503 g/mol. The minimum atomic E-state index is -0.572. The summed E-state index contributed by atoms with van der Waals surface area (Å²) in [7, 11) is 4.22. The molecule has 0 amide bonds. The highest BCUT2D eigenvalue weighted by Gasteiger charge is 2.15. The molecule has 8 heteroatoms. The molecule has 0 aliphatic heterocycles. The Labute approximate surface area is 214 Å². The van der Waals surface area contributed by atoms with Gasteiger partial charge in [-0.3, -0.25) is 9.59 Å². The van der Waals surface area contributed by atoms with Crippen LogP contribution in [-0.2, 0) is 9.59 Å². The first-order valence-electron chi connectivity index (χ1n) is 11.0. The molecule has 0 aliphatic rings. The number of allylic oxidation sites excluding steroid dienone is 3. The highest BCUT2D eigenvalue weighted by Crippen LogP contribution is 2.29. The largest absolute Gasteiger partial charge is 0.504 e. The van der Waals surface area contributed by atoms with Crippen molar-refractivity contribution in [2.75, 3.05) is 21.3 Å². The van der Waals surface area contributed by atoms with Crippen molar-refractivity contribution in [1.82, 2.24) is 0 Å². The van der Waals surface area contributed by atoms with Gasteiger partial charge in [-0.2, -0.15) is 0 Å². The molecule has 3 aromatic rings. The van der Waals surface area contributed by atoms with Crippen LogP contribution in [0.15, 0.2) is 72.3 Å². The summed E-state index contributed by atoms with van der Waals surface area (Å²) in [4.78, 5) is 26.3. The van der Waals surface area contributed by atoms with Crippen LogP contribution in [0.25, 0.3) is 18.2 Å². The Morgan fingerprint density at radius 1 is 0.595 bits per heavy atom. The number of carbonyl (C=O) groups is 2. The lowest BCUT2D eigenvalue weighted by atomic mass is 10.0. The SMILES string of the molecule is COc1cc(C=C(C(=O)/C=C\c2ccc(O)c(OC)c2)C(=O)/C=C/c2ccc(O)c(OC)c2)ccc1O. The summed E-state index contributed by atoms with van der Waals surface area (Å²) in [5.41, 5.74) is 1.48. The molecule has 0 spiro atoms. The normalized spacial score (nSPS) is 11.6. The van der Waals surface area contributed by atoms with Gasteiger partial charge in [-0.15, -0.1) is 0 Å². The van der Waals surface area contributed by atoms with Crippen molar-refractivity contribution in [2.45, 2.75) is 0 Å². The molecule has 0 radical (unpaired) electrons. The summed E-state index contributed by atoms with van der Waals surface area (Å²) in [6.07, 6.45) is 6.88. The van der Waals surface area contributed by atoms with E-state index in [1.165, 1.54) is 76.0 Å². The summed E-state index contributed by atoms with van der Waals surface area (Å²) >= 11 is 0. The van der Waals surface area contributed by atoms with Crippen molar-refractivity contribution in [3.8, 4) is 34.5 Å². The van der Waals surface area contributed by atoms with Crippen LogP contribution in [0.5, 0.6) is 34.5 Å². The van der Waals surface area contributed by atoms with Crippen LogP contribution in [0, 0.1) is 0 Å². The molecule has 3 N–H and O–H groups in total. The van der Waals surface area contributed by atoms with E-state index in [-0.39, 0.29) is 40.1 Å². The van der Waals surface area contributed by atoms with Gasteiger partial charge in [-0.1, -0.05) is 30.4 Å². The number of hydrogen-bond donors (Lipinski definition) is 3. The van der Waals surface area contributed by atoms with Crippen molar-refractivity contribution in [1.29, 1.82) is 0 Å². The molecule has 0 saturated heterocycles. The maximum Gasteiger partial charge on any atom is 0.189 e. The predicted molar refractivity (Wildman–Crippen MR) is 140 cm³/mol. The number of carbonyl (C=O) groups excluding carboxylic acids is 2. The van der Waals surface area contributed by atoms with E-state index >= 15 is 0 Å². The molecule has 0 aliphatic carbocycles. The Morgan fingerprint density at radius 2 is 0.946 bits per heavy atom. The lowest BCUT2D eigenvalue weighted by Gasteiger charge is -2.06. The monoisotopic (exact) mass is 502 g/mol. The summed E-state index contributed by atoms with van der Waals surface area (Å²) in [6.45, 7) is 0. The number of ketones is 2. The topological polar surface area (TPSA) is 123 Å². The fourth-order valence-electron chi connectivity index (χ4n) is 3.33. The van der Waals surface area contributed by atoms with Gasteiger partial charge in [0.05, 0.1) is 26.9 Å². The zero-order chi connectivity index (χ0) is 26.9. The molecule has 3 rings (SSSR count). The zero-order valence-electron chi connectivity index (χ0n) is 20.5. The quantitative estimate of drug-likeness (QED) is 0.206. The van der Waals surface area contributed by atoms with Crippen LogP contribution in [-0.4, -0.2) is 48.2 Å². The summed E-state index contributed by atoms with van der Waals surface area (Å²) in [5, 5.41) is 29.4. The number of ether oxygens (including phenoxy) is 3. The van der Waals surface area contributed by atoms with E-state index in [0.29, 0.717) is 16.7 Å². The smallest absolute Gasteiger partial charge is 0.189 e. The highest BCUT2D eigenvalue weighted by atomic mass is 16.5. The van der Waals surface area contributed by atoms with Gasteiger partial charge in [-0.05, 0) is 71.3 Å². The molecule has 190 valence electrons. The maximum atomic E-state index is 13.1. The van der Waals surface area contributed by atoms with E-state index in [9.17, 15) is 24.9 Å². The van der Waals surface area contributed by atoms with Crippen LogP contribution >= 0.6 is 0 Å². The molecule has 8 nitrogen and oxygen atoms in total. The average Bonchev–Trinajstić information content (AvgIpc) is 2.91. The third kappa shape index (κ3) is 6.79. The predicted octanol–water partition coefficient (Wildman–Crippen LogP) is 4.78. The highest BCUT2D eigenvalue weighted by molar-refractivity contribution is 6.31. The Hall–Kier alpha value is -4.98. The van der Waals surface area contributed by atoms with E-state index in [4.69, 9.17) is 14.2 Å². The maximum absolute atomic E-state index is 13.1. The molecule has 0 aromatic heterocycles. The zero-order valence-corrected chi connectivity index (χ0v) is 20.5. The van der Waals surface area contributed by atoms with E-state index in [2.05, 4.69) is 0 Å². The number of aromatic hydroxyl groups is 3. The molecule has 0 atom stereocenters. The fourth-order valence-corrected chi connectivity index (χ4v) is 3.33. The summed E-state index contributed by atoms with van der Waals surface area (Å²) < 4.78 is 15.3. The Morgan fingerprint density at radius 3 is 1.32 bits per heavy atom. The van der Waals surface area contributed by atoms with Gasteiger partial charge in [-0.25, -0.2) is 0 Å². The van der Waals surface area contributed by atoms with Gasteiger partial charge < -0.3 is 29.5 Å². The van der Waals surface area contributed by atoms with E-state index < -0.39 is 11.6 Å². The molecule has 0 bridgehead atoms. The van der Waals surface area contributed by atoms with Gasteiger partial charge in [0.15, 0.2) is 46.1 Å². The van der Waals surface area contributed by atoms with Crippen LogP contribution < -0.4 is 14.2 Å². The first kappa shape index (κ1) is 26.6. The van der Waals surface area contributed by atoms with Crippen molar-refractivity contribution >= 4 is 29.8 Å². The second-order valence-corrected chi connectivity index (χ2v) is 7.75. The standard InChI is InChI=1S/C29H26O8/c1-35-27-15-18(6-11-24(27)32)4-9-22(30)21(14-20-8-13-26(34)29(17-20)37-3)23(31)10-5-19-7-12-25(33)28(16-19)36-2/h4-17,32-34H,1-3H3/b9-4-,10-5+,21-14?. The molecule has 37 heavy (non-hydrogen) atoms. The lowest BCUT2D eigenvalue weighted by molar-refractivity contribution is -0.116. The second-order valence-electron chi connectivity index (χ2n) is 7.75. The lowest BCUT2D eigenvalue weighted by Crippen LogP contribution is -2.08. The minimum absolute atomic E-state index is 0.0426. The minimum Gasteiger partial charge on any atom is -0.504 e. The Kier molecular flexibility index (Phi) is 8.72. The first-order chi connectivity index (χ1) is 17.7. The molecule has 0 fully saturated rings. The third-order valence-electron chi connectivity index (χ3n) is 5.31. The fraction of sp³-hybridized carbons (Fsp3) is 0.103. The van der Waals surface area contributed by atoms with Gasteiger partial charge in [0, 0.05) is 0 Å². The van der Waals surface area contributed by atoms with Crippen LogP contribution in [0.1, 0.15) is 16.7 Å². The molecular formula is C29H26O8. The van der Waals surface area contributed by atoms with Crippen molar-refractivity contribution < 1.29 is 39.1 Å².